The first kappa shape index (κ1) is 19.3. The maximum absolute atomic E-state index is 12.5. The van der Waals surface area contributed by atoms with Crippen molar-refractivity contribution in [2.45, 2.75) is 45.8 Å². The van der Waals surface area contributed by atoms with Crippen molar-refractivity contribution in [3.63, 3.8) is 0 Å². The Hall–Kier alpha value is -3.00. The lowest BCUT2D eigenvalue weighted by Gasteiger charge is -2.32. The van der Waals surface area contributed by atoms with Gasteiger partial charge < -0.3 is 9.84 Å². The second-order valence-corrected chi connectivity index (χ2v) is 7.61. The molecule has 0 unspecified atom stereocenters. The van der Waals surface area contributed by atoms with Crippen LogP contribution in [-0.4, -0.2) is 44.9 Å². The highest BCUT2D eigenvalue weighted by molar-refractivity contribution is 5.82. The third-order valence-electron chi connectivity index (χ3n) is 5.43. The summed E-state index contributed by atoms with van der Waals surface area (Å²) in [6, 6.07) is 10.5. The number of fused-ring (bicyclic) bond motifs is 1. The van der Waals surface area contributed by atoms with Gasteiger partial charge in [0.25, 0.3) is 5.56 Å². The number of likely N-dealkylation sites (tertiary alicyclic amines) is 1. The summed E-state index contributed by atoms with van der Waals surface area (Å²) in [4.78, 5) is 27.4. The first-order chi connectivity index (χ1) is 14.0. The Balaban J connectivity index is 1.33. The zero-order valence-electron chi connectivity index (χ0n) is 16.7. The van der Waals surface area contributed by atoms with Crippen molar-refractivity contribution in [1.29, 1.82) is 0 Å². The number of benzene rings is 1. The zero-order valence-corrected chi connectivity index (χ0v) is 16.7. The summed E-state index contributed by atoms with van der Waals surface area (Å²) >= 11 is 0. The van der Waals surface area contributed by atoms with E-state index in [0.29, 0.717) is 16.8 Å². The molecule has 1 amide bonds. The first-order valence-electron chi connectivity index (χ1n) is 9.90. The molecule has 0 radical (unpaired) electrons. The SMILES string of the molecule is Cc1nn(CC(=O)NC2CCN(Cc3ccccc3)CC2)c(=O)c2noc(C)c12. The predicted octanol–water partition coefficient (Wildman–Crippen LogP) is 1.78. The summed E-state index contributed by atoms with van der Waals surface area (Å²) in [5.41, 5.74) is 1.74. The van der Waals surface area contributed by atoms with Crippen molar-refractivity contribution in [2.24, 2.45) is 0 Å². The van der Waals surface area contributed by atoms with Crippen molar-refractivity contribution >= 4 is 16.8 Å². The number of hydrogen-bond donors (Lipinski definition) is 1. The van der Waals surface area contributed by atoms with E-state index in [-0.39, 0.29) is 24.0 Å². The maximum atomic E-state index is 12.5. The van der Waals surface area contributed by atoms with Crippen LogP contribution in [0.5, 0.6) is 0 Å². The van der Waals surface area contributed by atoms with E-state index in [9.17, 15) is 9.59 Å². The molecule has 1 aromatic carbocycles. The van der Waals surface area contributed by atoms with Crippen LogP contribution in [0.1, 0.15) is 29.9 Å². The first-order valence-corrected chi connectivity index (χ1v) is 9.90. The quantitative estimate of drug-likeness (QED) is 0.708. The van der Waals surface area contributed by atoms with Crippen molar-refractivity contribution in [2.75, 3.05) is 13.1 Å². The molecule has 1 aliphatic heterocycles. The van der Waals surface area contributed by atoms with Crippen LogP contribution >= 0.6 is 0 Å². The molecule has 1 fully saturated rings. The molecule has 1 aliphatic rings. The molecule has 29 heavy (non-hydrogen) atoms. The maximum Gasteiger partial charge on any atom is 0.297 e. The van der Waals surface area contributed by atoms with E-state index in [0.717, 1.165) is 32.5 Å². The largest absolute Gasteiger partial charge is 0.360 e. The summed E-state index contributed by atoms with van der Waals surface area (Å²) in [6.07, 6.45) is 1.78. The molecule has 4 rings (SSSR count). The summed E-state index contributed by atoms with van der Waals surface area (Å²) in [7, 11) is 0. The summed E-state index contributed by atoms with van der Waals surface area (Å²) < 4.78 is 6.27. The van der Waals surface area contributed by atoms with Crippen molar-refractivity contribution in [3.8, 4) is 0 Å². The smallest absolute Gasteiger partial charge is 0.297 e. The number of carbonyl (C=O) groups is 1. The molecule has 8 nitrogen and oxygen atoms in total. The normalized spacial score (nSPS) is 15.7. The zero-order chi connectivity index (χ0) is 20.4. The highest BCUT2D eigenvalue weighted by Crippen LogP contribution is 2.17. The number of carbonyl (C=O) groups excluding carboxylic acids is 1. The number of aromatic nitrogens is 3. The van der Waals surface area contributed by atoms with Crippen LogP contribution in [-0.2, 0) is 17.9 Å². The molecule has 2 aromatic heterocycles. The Morgan fingerprint density at radius 3 is 2.66 bits per heavy atom. The third kappa shape index (κ3) is 4.22. The van der Waals surface area contributed by atoms with Crippen LogP contribution in [0.15, 0.2) is 39.6 Å². The molecule has 3 aromatic rings. The molecule has 152 valence electrons. The summed E-state index contributed by atoms with van der Waals surface area (Å²) in [5, 5.41) is 11.7. The second-order valence-electron chi connectivity index (χ2n) is 7.61. The Bertz CT molecular complexity index is 1070. The van der Waals surface area contributed by atoms with Crippen LogP contribution in [0, 0.1) is 13.8 Å². The van der Waals surface area contributed by atoms with Crippen LogP contribution < -0.4 is 10.9 Å². The topological polar surface area (TPSA) is 93.3 Å². The molecular weight excluding hydrogens is 370 g/mol. The lowest BCUT2D eigenvalue weighted by atomic mass is 10.0. The van der Waals surface area contributed by atoms with Gasteiger partial charge >= 0.3 is 0 Å². The Labute approximate surface area is 168 Å². The molecule has 0 bridgehead atoms. The van der Waals surface area contributed by atoms with E-state index in [1.165, 1.54) is 10.2 Å². The molecule has 1 N–H and O–H groups in total. The number of amides is 1. The molecule has 0 aliphatic carbocycles. The highest BCUT2D eigenvalue weighted by Gasteiger charge is 2.22. The average Bonchev–Trinajstić information content (AvgIpc) is 3.10. The van der Waals surface area contributed by atoms with Gasteiger partial charge in [-0.05, 0) is 32.3 Å². The number of hydrogen-bond acceptors (Lipinski definition) is 6. The molecule has 8 heteroatoms. The summed E-state index contributed by atoms with van der Waals surface area (Å²) in [6.45, 7) is 6.19. The van der Waals surface area contributed by atoms with E-state index in [1.54, 1.807) is 13.8 Å². The summed E-state index contributed by atoms with van der Waals surface area (Å²) in [5.74, 6) is 0.348. The predicted molar refractivity (Wildman–Crippen MR) is 108 cm³/mol. The van der Waals surface area contributed by atoms with E-state index >= 15 is 0 Å². The van der Waals surface area contributed by atoms with E-state index in [4.69, 9.17) is 4.52 Å². The minimum Gasteiger partial charge on any atom is -0.360 e. The van der Waals surface area contributed by atoms with Crippen molar-refractivity contribution < 1.29 is 9.32 Å². The van der Waals surface area contributed by atoms with E-state index in [2.05, 4.69) is 44.7 Å². The van der Waals surface area contributed by atoms with Gasteiger partial charge in [0.2, 0.25) is 5.91 Å². The number of nitrogens with zero attached hydrogens (tertiary/aromatic N) is 4. The van der Waals surface area contributed by atoms with Crippen LogP contribution in [0.3, 0.4) is 0 Å². The lowest BCUT2D eigenvalue weighted by molar-refractivity contribution is -0.122. The molecular formula is C21H25N5O3. The van der Waals surface area contributed by atoms with Crippen LogP contribution in [0.2, 0.25) is 0 Å². The van der Waals surface area contributed by atoms with Gasteiger partial charge in [-0.25, -0.2) is 4.68 Å². The molecule has 3 heterocycles. The van der Waals surface area contributed by atoms with Crippen LogP contribution in [0.25, 0.3) is 10.9 Å². The van der Waals surface area contributed by atoms with Gasteiger partial charge in [-0.2, -0.15) is 5.10 Å². The van der Waals surface area contributed by atoms with Crippen molar-refractivity contribution in [3.05, 3.63) is 57.7 Å². The lowest BCUT2D eigenvalue weighted by Crippen LogP contribution is -2.46. The van der Waals surface area contributed by atoms with Gasteiger partial charge in [0.1, 0.15) is 12.3 Å². The highest BCUT2D eigenvalue weighted by atomic mass is 16.5. The molecule has 1 saturated heterocycles. The van der Waals surface area contributed by atoms with Gasteiger partial charge in [-0.15, -0.1) is 0 Å². The van der Waals surface area contributed by atoms with Gasteiger partial charge in [0.05, 0.1) is 11.1 Å². The molecule has 0 atom stereocenters. The molecule has 0 saturated carbocycles. The minimum absolute atomic E-state index is 0.115. The fourth-order valence-electron chi connectivity index (χ4n) is 3.94. The number of piperidine rings is 1. The number of aryl methyl sites for hydroxylation is 2. The van der Waals surface area contributed by atoms with E-state index in [1.807, 2.05) is 6.07 Å². The Kier molecular flexibility index (Phi) is 5.44. The fraction of sp³-hybridized carbons (Fsp3) is 0.429. The number of rotatable bonds is 5. The standard InChI is InChI=1S/C21H25N5O3/c1-14-19-15(2)29-24-20(19)21(28)26(23-14)13-18(27)22-17-8-10-25(11-9-17)12-16-6-4-3-5-7-16/h3-7,17H,8-13H2,1-2H3,(H,22,27). The van der Waals surface area contributed by atoms with Crippen molar-refractivity contribution in [1.82, 2.24) is 25.2 Å². The second kappa shape index (κ2) is 8.16. The van der Waals surface area contributed by atoms with Crippen LogP contribution in [0.4, 0.5) is 0 Å². The van der Waals surface area contributed by atoms with Gasteiger partial charge in [-0.1, -0.05) is 35.5 Å². The number of nitrogens with one attached hydrogen (secondary N) is 1. The monoisotopic (exact) mass is 395 g/mol. The molecule has 0 spiro atoms. The van der Waals surface area contributed by atoms with E-state index < -0.39 is 5.56 Å². The van der Waals surface area contributed by atoms with Gasteiger partial charge in [0, 0.05) is 25.7 Å². The van der Waals surface area contributed by atoms with Gasteiger partial charge in [-0.3, -0.25) is 14.5 Å². The van der Waals surface area contributed by atoms with Gasteiger partial charge in [0.15, 0.2) is 5.52 Å². The Morgan fingerprint density at radius 2 is 1.93 bits per heavy atom. The third-order valence-corrected chi connectivity index (χ3v) is 5.43. The minimum atomic E-state index is -0.407. The average molecular weight is 395 g/mol. The Morgan fingerprint density at radius 1 is 1.21 bits per heavy atom. The fourth-order valence-corrected chi connectivity index (χ4v) is 3.94.